The Morgan fingerprint density at radius 2 is 1.82 bits per heavy atom. The number of pyridine rings is 1. The van der Waals surface area contributed by atoms with Crippen LogP contribution in [0, 0.1) is 11.1 Å². The highest BCUT2D eigenvalue weighted by atomic mass is 35.5. The normalized spacial score (nSPS) is 15.9. The van der Waals surface area contributed by atoms with Gasteiger partial charge in [0.1, 0.15) is 16.1 Å². The molecule has 1 saturated heterocycles. The van der Waals surface area contributed by atoms with Crippen LogP contribution in [0.15, 0.2) is 53.7 Å². The zero-order valence-corrected chi connectivity index (χ0v) is 30.5. The van der Waals surface area contributed by atoms with Crippen LogP contribution in [-0.2, 0) is 25.9 Å². The van der Waals surface area contributed by atoms with E-state index in [4.69, 9.17) is 37.4 Å². The van der Waals surface area contributed by atoms with E-state index in [0.29, 0.717) is 71.8 Å². The highest BCUT2D eigenvalue weighted by molar-refractivity contribution is 7.99. The smallest absolute Gasteiger partial charge is 0.387 e. The summed E-state index contributed by atoms with van der Waals surface area (Å²) in [5, 5.41) is 12.0. The molecule has 1 atom stereocenters. The molecule has 2 heterocycles. The van der Waals surface area contributed by atoms with Gasteiger partial charge in [0, 0.05) is 43.1 Å². The van der Waals surface area contributed by atoms with Gasteiger partial charge >= 0.3 is 12.6 Å². The molecular weight excluding hydrogens is 739 g/mol. The molecule has 1 saturated carbocycles. The van der Waals surface area contributed by atoms with E-state index in [1.54, 1.807) is 12.3 Å². The molecule has 2 fully saturated rings. The van der Waals surface area contributed by atoms with Crippen LogP contribution in [0.3, 0.4) is 0 Å². The van der Waals surface area contributed by atoms with Gasteiger partial charge in [-0.25, -0.2) is 13.2 Å². The number of nitrogens with zero attached hydrogens (tertiary/aromatic N) is 3. The van der Waals surface area contributed by atoms with Crippen LogP contribution in [0.5, 0.6) is 11.5 Å². The third kappa shape index (κ3) is 10.3. The van der Waals surface area contributed by atoms with Crippen molar-refractivity contribution in [3.63, 3.8) is 0 Å². The van der Waals surface area contributed by atoms with E-state index in [0.717, 1.165) is 31.5 Å². The molecule has 50 heavy (non-hydrogen) atoms. The number of hydrogen-bond acceptors (Lipinski definition) is 10. The molecule has 0 unspecified atom stereocenters. The van der Waals surface area contributed by atoms with Crippen LogP contribution in [0.4, 0.5) is 14.5 Å². The number of benzene rings is 2. The van der Waals surface area contributed by atoms with Crippen LogP contribution in [0.2, 0.25) is 10.0 Å². The first kappa shape index (κ1) is 38.2. The van der Waals surface area contributed by atoms with E-state index in [1.165, 1.54) is 46.4 Å². The highest BCUT2D eigenvalue weighted by Crippen LogP contribution is 2.39. The molecule has 1 aliphatic carbocycles. The van der Waals surface area contributed by atoms with Crippen LogP contribution < -0.4 is 18.5 Å². The molecule has 0 radical (unpaired) electrons. The predicted molar refractivity (Wildman–Crippen MR) is 186 cm³/mol. The van der Waals surface area contributed by atoms with E-state index in [-0.39, 0.29) is 40.1 Å². The minimum Gasteiger partial charge on any atom is -0.619 e. The van der Waals surface area contributed by atoms with Crippen molar-refractivity contribution in [2.24, 2.45) is 5.92 Å². The van der Waals surface area contributed by atoms with Crippen LogP contribution in [0.25, 0.3) is 0 Å². The summed E-state index contributed by atoms with van der Waals surface area (Å²) in [6, 6.07) is 8.86. The Morgan fingerprint density at radius 3 is 2.44 bits per heavy atom. The van der Waals surface area contributed by atoms with Gasteiger partial charge in [0.2, 0.25) is 10.0 Å². The number of carbonyl (C=O) groups is 1. The number of anilines is 1. The number of thioether (sulfide) groups is 1. The fourth-order valence-electron chi connectivity index (χ4n) is 5.39. The van der Waals surface area contributed by atoms with Crippen LogP contribution in [-0.4, -0.2) is 84.4 Å². The largest absolute Gasteiger partial charge is 0.619 e. The van der Waals surface area contributed by atoms with Crippen LogP contribution >= 0.6 is 35.0 Å². The molecule has 0 N–H and O–H groups in total. The van der Waals surface area contributed by atoms with Gasteiger partial charge in [-0.1, -0.05) is 29.3 Å². The zero-order valence-electron chi connectivity index (χ0n) is 27.4. The first-order valence-corrected chi connectivity index (χ1v) is 19.6. The lowest BCUT2D eigenvalue weighted by atomic mass is 10.0. The van der Waals surface area contributed by atoms with Gasteiger partial charge in [-0.05, 0) is 60.9 Å². The van der Waals surface area contributed by atoms with Crippen molar-refractivity contribution in [2.45, 2.75) is 36.9 Å². The molecule has 1 aromatic heterocycles. The Balaban J connectivity index is 1.48. The number of alkyl halides is 2. The van der Waals surface area contributed by atoms with Gasteiger partial charge in [0.25, 0.3) is 0 Å². The average molecular weight is 777 g/mol. The second-order valence-corrected chi connectivity index (χ2v) is 15.5. The summed E-state index contributed by atoms with van der Waals surface area (Å²) in [7, 11) is -3.76. The minimum atomic E-state index is -3.76. The van der Waals surface area contributed by atoms with Crippen molar-refractivity contribution in [1.82, 2.24) is 4.90 Å². The monoisotopic (exact) mass is 775 g/mol. The molecule has 5 rings (SSSR count). The summed E-state index contributed by atoms with van der Waals surface area (Å²) in [4.78, 5) is 16.6. The Kier molecular flexibility index (Phi) is 12.9. The first-order chi connectivity index (χ1) is 23.8. The molecule has 17 heteroatoms. The number of esters is 1. The lowest BCUT2D eigenvalue weighted by Crippen LogP contribution is -2.43. The molecule has 1 aliphatic heterocycles. The van der Waals surface area contributed by atoms with Gasteiger partial charge < -0.3 is 24.2 Å². The maximum atomic E-state index is 13.9. The van der Waals surface area contributed by atoms with Crippen molar-refractivity contribution >= 4 is 56.6 Å². The number of halogens is 4. The van der Waals surface area contributed by atoms with Crippen molar-refractivity contribution in [2.75, 3.05) is 62.8 Å². The lowest BCUT2D eigenvalue weighted by molar-refractivity contribution is -0.605. The van der Waals surface area contributed by atoms with Gasteiger partial charge in [-0.2, -0.15) is 13.5 Å². The minimum absolute atomic E-state index is 0.0204. The number of hydrogen-bond donors (Lipinski definition) is 0. The summed E-state index contributed by atoms with van der Waals surface area (Å²) < 4.78 is 76.3. The molecule has 272 valence electrons. The molecule has 2 aliphatic rings. The Morgan fingerprint density at radius 1 is 1.12 bits per heavy atom. The van der Waals surface area contributed by atoms with Gasteiger partial charge in [0.05, 0.1) is 37.3 Å². The summed E-state index contributed by atoms with van der Waals surface area (Å²) in [6.45, 7) is 0.265. The topological polar surface area (TPSA) is 122 Å². The molecule has 0 amide bonds. The van der Waals surface area contributed by atoms with E-state index < -0.39 is 28.7 Å². The second kappa shape index (κ2) is 17.0. The lowest BCUT2D eigenvalue weighted by Gasteiger charge is -2.31. The number of carbonyl (C=O) groups excluding carboxylic acids is 1. The molecule has 11 nitrogen and oxygen atoms in total. The van der Waals surface area contributed by atoms with Gasteiger partial charge in [-0.15, -0.1) is 11.8 Å². The number of aromatic nitrogens is 1. The Bertz CT molecular complexity index is 1760. The first-order valence-electron chi connectivity index (χ1n) is 15.8. The van der Waals surface area contributed by atoms with Gasteiger partial charge in [0.15, 0.2) is 23.9 Å². The summed E-state index contributed by atoms with van der Waals surface area (Å²) in [5.74, 6) is -0.658. The van der Waals surface area contributed by atoms with Crippen molar-refractivity contribution < 1.29 is 45.7 Å². The third-order valence-electron chi connectivity index (χ3n) is 8.23. The maximum absolute atomic E-state index is 13.9. The molecule has 0 spiro atoms. The van der Waals surface area contributed by atoms with E-state index in [9.17, 15) is 27.2 Å². The highest BCUT2D eigenvalue weighted by Gasteiger charge is 2.28. The molecule has 3 aromatic rings. The number of morpholine rings is 1. The molecular formula is C33H37Cl2F2N3O8S2. The summed E-state index contributed by atoms with van der Waals surface area (Å²) in [6.07, 6.45) is 5.82. The van der Waals surface area contributed by atoms with E-state index in [2.05, 4.69) is 9.64 Å². The number of rotatable bonds is 16. The second-order valence-electron chi connectivity index (χ2n) is 11.9. The third-order valence-corrected chi connectivity index (χ3v) is 10.8. The Labute approximate surface area is 304 Å². The summed E-state index contributed by atoms with van der Waals surface area (Å²) in [5.41, 5.74) is 1.03. The standard InChI is InChI=1S/C33H37Cl2F2N3O8S2/c1-49-31-8-6-23(15-27(31)40(50(2,43)44)10-9-38-11-13-45-14-12-38)32(41)47-29(17-24-25(34)18-39(42)19-26(24)35)22-5-7-28(48-33(36)37)30(16-22)46-20-21-3-4-21/h5-8,15-16,18-19,21,29,33H,3-4,9-14,17,20H2,1-2H3/t29-/m0/s1. The van der Waals surface area contributed by atoms with Crippen molar-refractivity contribution in [1.29, 1.82) is 0 Å². The van der Waals surface area contributed by atoms with E-state index >= 15 is 0 Å². The number of ether oxygens (including phenoxy) is 4. The molecule has 0 bridgehead atoms. The average Bonchev–Trinajstić information content (AvgIpc) is 3.89. The predicted octanol–water partition coefficient (Wildman–Crippen LogP) is 5.98. The molecule has 2 aromatic carbocycles. The maximum Gasteiger partial charge on any atom is 0.387 e. The Hall–Kier alpha value is -3.08. The van der Waals surface area contributed by atoms with Gasteiger partial charge in [-0.3, -0.25) is 9.21 Å². The summed E-state index contributed by atoms with van der Waals surface area (Å²) >= 11 is 14.1. The van der Waals surface area contributed by atoms with Crippen molar-refractivity contribution in [3.8, 4) is 11.5 Å². The quantitative estimate of drug-likeness (QED) is 0.0744. The van der Waals surface area contributed by atoms with Crippen molar-refractivity contribution in [3.05, 3.63) is 80.7 Å². The fourth-order valence-corrected chi connectivity index (χ4v) is 7.55. The SMILES string of the molecule is CSc1ccc(C(=O)O[C@@H](Cc2c(Cl)c[n+]([O-])cc2Cl)c2ccc(OC(F)F)c(OCC3CC3)c2)cc1N(CCN1CCOCC1)S(C)(=O)=O. The zero-order chi connectivity index (χ0) is 36.0. The fraction of sp³-hybridized carbons (Fsp3) is 0.455. The number of sulfonamides is 1. The van der Waals surface area contributed by atoms with Crippen LogP contribution in [0.1, 0.15) is 40.4 Å². The van der Waals surface area contributed by atoms with E-state index in [1.807, 2.05) is 0 Å².